The van der Waals surface area contributed by atoms with Crippen molar-refractivity contribution in [3.05, 3.63) is 29.8 Å². The SMILES string of the molecule is NS(=O)(=O)c1cccc(CNC(=O)CC2CSCCN2)c1. The van der Waals surface area contributed by atoms with Crippen LogP contribution in [0.15, 0.2) is 29.2 Å². The molecule has 1 aliphatic rings. The third kappa shape index (κ3) is 5.31. The second-order valence-corrected chi connectivity index (χ2v) is 7.61. The molecular weight excluding hydrogens is 310 g/mol. The van der Waals surface area contributed by atoms with Gasteiger partial charge in [-0.15, -0.1) is 0 Å². The highest BCUT2D eigenvalue weighted by Crippen LogP contribution is 2.11. The van der Waals surface area contributed by atoms with E-state index in [-0.39, 0.29) is 16.8 Å². The molecule has 1 unspecified atom stereocenters. The van der Waals surface area contributed by atoms with Crippen molar-refractivity contribution in [3.8, 4) is 0 Å². The third-order valence-corrected chi connectivity index (χ3v) is 5.19. The van der Waals surface area contributed by atoms with Crippen molar-refractivity contribution in [1.82, 2.24) is 10.6 Å². The summed E-state index contributed by atoms with van der Waals surface area (Å²) in [7, 11) is -3.71. The molecule has 0 saturated carbocycles. The van der Waals surface area contributed by atoms with E-state index in [0.29, 0.717) is 18.5 Å². The smallest absolute Gasteiger partial charge is 0.238 e. The van der Waals surface area contributed by atoms with Crippen LogP contribution < -0.4 is 15.8 Å². The van der Waals surface area contributed by atoms with Crippen LogP contribution in [0.5, 0.6) is 0 Å². The minimum Gasteiger partial charge on any atom is -0.352 e. The summed E-state index contributed by atoms with van der Waals surface area (Å²) in [5, 5.41) is 11.2. The number of sulfonamides is 1. The van der Waals surface area contributed by atoms with E-state index in [1.165, 1.54) is 12.1 Å². The van der Waals surface area contributed by atoms with E-state index in [1.54, 1.807) is 12.1 Å². The number of amides is 1. The fourth-order valence-corrected chi connectivity index (χ4v) is 3.61. The van der Waals surface area contributed by atoms with Crippen molar-refractivity contribution in [1.29, 1.82) is 0 Å². The van der Waals surface area contributed by atoms with Crippen LogP contribution in [-0.2, 0) is 21.4 Å². The Morgan fingerprint density at radius 3 is 2.95 bits per heavy atom. The molecular formula is C13H19N3O3S2. The molecule has 0 radical (unpaired) electrons. The van der Waals surface area contributed by atoms with Gasteiger partial charge in [-0.25, -0.2) is 13.6 Å². The molecule has 0 bridgehead atoms. The predicted molar refractivity (Wildman–Crippen MR) is 83.4 cm³/mol. The number of nitrogens with one attached hydrogen (secondary N) is 2. The van der Waals surface area contributed by atoms with Gasteiger partial charge >= 0.3 is 0 Å². The zero-order valence-corrected chi connectivity index (χ0v) is 13.2. The highest BCUT2D eigenvalue weighted by atomic mass is 32.2. The molecule has 21 heavy (non-hydrogen) atoms. The summed E-state index contributed by atoms with van der Waals surface area (Å²) >= 11 is 1.84. The van der Waals surface area contributed by atoms with Gasteiger partial charge in [-0.2, -0.15) is 11.8 Å². The molecule has 6 nitrogen and oxygen atoms in total. The van der Waals surface area contributed by atoms with Crippen LogP contribution in [-0.4, -0.2) is 38.4 Å². The lowest BCUT2D eigenvalue weighted by atomic mass is 10.2. The summed E-state index contributed by atoms with van der Waals surface area (Å²) in [6.45, 7) is 1.22. The van der Waals surface area contributed by atoms with Gasteiger partial charge in [0.2, 0.25) is 15.9 Å². The van der Waals surface area contributed by atoms with Gasteiger partial charge in [-0.1, -0.05) is 12.1 Å². The van der Waals surface area contributed by atoms with E-state index in [0.717, 1.165) is 18.1 Å². The van der Waals surface area contributed by atoms with E-state index in [2.05, 4.69) is 10.6 Å². The largest absolute Gasteiger partial charge is 0.352 e. The Morgan fingerprint density at radius 1 is 1.48 bits per heavy atom. The molecule has 1 atom stereocenters. The van der Waals surface area contributed by atoms with E-state index in [4.69, 9.17) is 5.14 Å². The Labute approximate surface area is 128 Å². The van der Waals surface area contributed by atoms with Gasteiger partial charge in [-0.3, -0.25) is 4.79 Å². The van der Waals surface area contributed by atoms with Gasteiger partial charge in [0, 0.05) is 37.1 Å². The summed E-state index contributed by atoms with van der Waals surface area (Å²) < 4.78 is 22.5. The number of nitrogens with two attached hydrogens (primary N) is 1. The van der Waals surface area contributed by atoms with Crippen LogP contribution >= 0.6 is 11.8 Å². The number of rotatable bonds is 5. The highest BCUT2D eigenvalue weighted by molar-refractivity contribution is 7.99. The van der Waals surface area contributed by atoms with Gasteiger partial charge in [-0.05, 0) is 17.7 Å². The molecule has 2 rings (SSSR count). The number of carbonyl (C=O) groups is 1. The zero-order chi connectivity index (χ0) is 15.3. The van der Waals surface area contributed by atoms with E-state index < -0.39 is 10.0 Å². The van der Waals surface area contributed by atoms with Crippen molar-refractivity contribution < 1.29 is 13.2 Å². The summed E-state index contributed by atoms with van der Waals surface area (Å²) in [6.07, 6.45) is 0.432. The first kappa shape index (κ1) is 16.3. The van der Waals surface area contributed by atoms with Crippen LogP contribution in [0, 0.1) is 0 Å². The summed E-state index contributed by atoms with van der Waals surface area (Å²) in [4.78, 5) is 11.9. The number of hydrogen-bond acceptors (Lipinski definition) is 5. The second kappa shape index (κ2) is 7.26. The molecule has 1 saturated heterocycles. The van der Waals surface area contributed by atoms with Crippen molar-refractivity contribution in [3.63, 3.8) is 0 Å². The number of carbonyl (C=O) groups excluding carboxylic acids is 1. The van der Waals surface area contributed by atoms with Gasteiger partial charge in [0.25, 0.3) is 0 Å². The number of thioether (sulfide) groups is 1. The molecule has 1 fully saturated rings. The topological polar surface area (TPSA) is 101 Å². The summed E-state index contributed by atoms with van der Waals surface area (Å²) in [5.41, 5.74) is 0.709. The predicted octanol–water partition coefficient (Wildman–Crippen LogP) is 0.0453. The molecule has 8 heteroatoms. The molecule has 0 aliphatic carbocycles. The lowest BCUT2D eigenvalue weighted by Crippen LogP contribution is -2.41. The Bertz CT molecular complexity index is 598. The van der Waals surface area contributed by atoms with Gasteiger partial charge < -0.3 is 10.6 Å². The van der Waals surface area contributed by atoms with Gasteiger partial charge in [0.15, 0.2) is 0 Å². The first-order chi connectivity index (χ1) is 9.95. The maximum absolute atomic E-state index is 11.9. The molecule has 1 heterocycles. The quantitative estimate of drug-likeness (QED) is 0.708. The van der Waals surface area contributed by atoms with Crippen LogP contribution in [0.2, 0.25) is 0 Å². The van der Waals surface area contributed by atoms with Crippen molar-refractivity contribution in [2.75, 3.05) is 18.1 Å². The second-order valence-electron chi connectivity index (χ2n) is 4.90. The fraction of sp³-hybridized carbons (Fsp3) is 0.462. The maximum atomic E-state index is 11.9. The molecule has 1 aromatic rings. The standard InChI is InChI=1S/C13H19N3O3S2/c14-21(18,19)12-3-1-2-10(6-12)8-16-13(17)7-11-9-20-5-4-15-11/h1-3,6,11,15H,4-5,7-9H2,(H,16,17)(H2,14,18,19). The van der Waals surface area contributed by atoms with Gasteiger partial charge in [0.05, 0.1) is 4.90 Å². The molecule has 4 N–H and O–H groups in total. The van der Waals surface area contributed by atoms with Crippen molar-refractivity contribution in [2.45, 2.75) is 23.9 Å². The average Bonchev–Trinajstić information content (AvgIpc) is 2.46. The normalized spacial score (nSPS) is 19.2. The fourth-order valence-electron chi connectivity index (χ4n) is 2.08. The lowest BCUT2D eigenvalue weighted by molar-refractivity contribution is -0.121. The van der Waals surface area contributed by atoms with Gasteiger partial charge in [0.1, 0.15) is 0 Å². The van der Waals surface area contributed by atoms with E-state index >= 15 is 0 Å². The minimum atomic E-state index is -3.71. The first-order valence-electron chi connectivity index (χ1n) is 6.65. The van der Waals surface area contributed by atoms with Crippen LogP contribution in [0.4, 0.5) is 0 Å². The molecule has 116 valence electrons. The Morgan fingerprint density at radius 2 is 2.29 bits per heavy atom. The van der Waals surface area contributed by atoms with Crippen molar-refractivity contribution in [2.24, 2.45) is 5.14 Å². The minimum absolute atomic E-state index is 0.0454. The van der Waals surface area contributed by atoms with Crippen LogP contribution in [0.3, 0.4) is 0 Å². The first-order valence-corrected chi connectivity index (χ1v) is 9.35. The van der Waals surface area contributed by atoms with E-state index in [9.17, 15) is 13.2 Å². The highest BCUT2D eigenvalue weighted by Gasteiger charge is 2.16. The molecule has 1 amide bonds. The average molecular weight is 329 g/mol. The molecule has 1 aliphatic heterocycles. The number of primary sulfonamides is 1. The van der Waals surface area contributed by atoms with Crippen LogP contribution in [0.25, 0.3) is 0 Å². The number of benzene rings is 1. The maximum Gasteiger partial charge on any atom is 0.238 e. The third-order valence-electron chi connectivity index (χ3n) is 3.15. The number of hydrogen-bond donors (Lipinski definition) is 3. The van der Waals surface area contributed by atoms with Crippen LogP contribution in [0.1, 0.15) is 12.0 Å². The Kier molecular flexibility index (Phi) is 5.63. The molecule has 0 aromatic heterocycles. The lowest BCUT2D eigenvalue weighted by Gasteiger charge is -2.22. The monoisotopic (exact) mass is 329 g/mol. The van der Waals surface area contributed by atoms with Crippen molar-refractivity contribution >= 4 is 27.7 Å². The Hall–Kier alpha value is -1.09. The Balaban J connectivity index is 1.86. The molecule has 0 spiro atoms. The zero-order valence-electron chi connectivity index (χ0n) is 11.5. The molecule has 1 aromatic carbocycles. The summed E-state index contributed by atoms with van der Waals surface area (Å²) in [6, 6.07) is 6.48. The summed E-state index contributed by atoms with van der Waals surface area (Å²) in [5.74, 6) is 1.98. The van der Waals surface area contributed by atoms with E-state index in [1.807, 2.05) is 11.8 Å².